The normalized spacial score (nSPS) is 10.8. The number of imidazole rings is 1. The minimum Gasteiger partial charge on any atom is -0.497 e. The third-order valence-electron chi connectivity index (χ3n) is 5.26. The molecule has 0 aliphatic carbocycles. The molecule has 6 nitrogen and oxygen atoms in total. The molecule has 0 saturated carbocycles. The molecule has 0 spiro atoms. The number of methoxy groups -OCH3 is 1. The molecule has 4 rings (SSSR count). The van der Waals surface area contributed by atoms with E-state index >= 15 is 0 Å². The van der Waals surface area contributed by atoms with Gasteiger partial charge in [0.15, 0.2) is 0 Å². The van der Waals surface area contributed by atoms with Crippen molar-refractivity contribution < 1.29 is 14.3 Å². The van der Waals surface area contributed by atoms with Crippen molar-refractivity contribution in [1.29, 1.82) is 0 Å². The quantitative estimate of drug-likeness (QED) is 0.377. The van der Waals surface area contributed by atoms with E-state index in [1.54, 1.807) is 7.11 Å². The van der Waals surface area contributed by atoms with E-state index in [4.69, 9.17) is 14.5 Å². The van der Waals surface area contributed by atoms with Crippen molar-refractivity contribution >= 4 is 16.9 Å². The molecule has 1 N–H and O–H groups in total. The van der Waals surface area contributed by atoms with E-state index in [9.17, 15) is 4.79 Å². The van der Waals surface area contributed by atoms with Crippen molar-refractivity contribution in [2.75, 3.05) is 20.3 Å². The van der Waals surface area contributed by atoms with Gasteiger partial charge in [-0.2, -0.15) is 0 Å². The van der Waals surface area contributed by atoms with E-state index in [-0.39, 0.29) is 5.91 Å². The zero-order valence-corrected chi connectivity index (χ0v) is 18.2. The minimum atomic E-state index is -0.0502. The monoisotopic (exact) mass is 429 g/mol. The average Bonchev–Trinajstić information content (AvgIpc) is 3.20. The molecule has 1 amide bonds. The third-order valence-corrected chi connectivity index (χ3v) is 5.26. The van der Waals surface area contributed by atoms with Gasteiger partial charge in [-0.25, -0.2) is 4.98 Å². The number of hydrogen-bond acceptors (Lipinski definition) is 4. The largest absolute Gasteiger partial charge is 0.497 e. The SMILES string of the molecule is COc1cccc(OCCn2c(CCCNC(=O)c3ccccc3)nc3ccccc32)c1. The number of aromatic nitrogens is 2. The van der Waals surface area contributed by atoms with Crippen LogP contribution >= 0.6 is 0 Å². The predicted molar refractivity (Wildman–Crippen MR) is 125 cm³/mol. The molecule has 0 unspecified atom stereocenters. The summed E-state index contributed by atoms with van der Waals surface area (Å²) in [7, 11) is 1.64. The molecule has 164 valence electrons. The number of fused-ring (bicyclic) bond motifs is 1. The van der Waals surface area contributed by atoms with Gasteiger partial charge in [0, 0.05) is 24.6 Å². The van der Waals surface area contributed by atoms with Gasteiger partial charge in [-0.3, -0.25) is 4.79 Å². The number of hydrogen-bond donors (Lipinski definition) is 1. The van der Waals surface area contributed by atoms with Crippen molar-refractivity contribution in [3.05, 3.63) is 90.3 Å². The molecular weight excluding hydrogens is 402 g/mol. The lowest BCUT2D eigenvalue weighted by atomic mass is 10.2. The number of nitrogens with zero attached hydrogens (tertiary/aromatic N) is 2. The minimum absolute atomic E-state index is 0.0502. The summed E-state index contributed by atoms with van der Waals surface area (Å²) in [6.45, 7) is 1.80. The smallest absolute Gasteiger partial charge is 0.251 e. The van der Waals surface area contributed by atoms with Crippen molar-refractivity contribution in [2.24, 2.45) is 0 Å². The second-order valence-corrected chi connectivity index (χ2v) is 7.42. The Labute approximate surface area is 187 Å². The molecule has 3 aromatic carbocycles. The number of benzene rings is 3. The molecular formula is C26H27N3O3. The molecule has 1 aromatic heterocycles. The third kappa shape index (κ3) is 5.27. The summed E-state index contributed by atoms with van der Waals surface area (Å²) >= 11 is 0. The van der Waals surface area contributed by atoms with Gasteiger partial charge in [0.2, 0.25) is 0 Å². The first-order chi connectivity index (χ1) is 15.7. The van der Waals surface area contributed by atoms with E-state index in [0.717, 1.165) is 41.2 Å². The predicted octanol–water partition coefficient (Wildman–Crippen LogP) is 4.49. The van der Waals surface area contributed by atoms with Crippen LogP contribution < -0.4 is 14.8 Å². The summed E-state index contributed by atoms with van der Waals surface area (Å²) in [5, 5.41) is 2.99. The molecule has 0 aliphatic heterocycles. The van der Waals surface area contributed by atoms with Crippen molar-refractivity contribution in [3.8, 4) is 11.5 Å². The molecule has 0 fully saturated rings. The highest BCUT2D eigenvalue weighted by Crippen LogP contribution is 2.20. The molecule has 1 heterocycles. The van der Waals surface area contributed by atoms with Crippen LogP contribution in [-0.4, -0.2) is 35.7 Å². The fraction of sp³-hybridized carbons (Fsp3) is 0.231. The Morgan fingerprint density at radius 1 is 0.969 bits per heavy atom. The van der Waals surface area contributed by atoms with Gasteiger partial charge < -0.3 is 19.4 Å². The lowest BCUT2D eigenvalue weighted by molar-refractivity contribution is 0.0953. The molecule has 32 heavy (non-hydrogen) atoms. The standard InChI is InChI=1S/C26H27N3O3/c1-31-21-11-7-12-22(19-21)32-18-17-29-24-14-6-5-13-23(24)28-25(29)15-8-16-27-26(30)20-9-3-2-4-10-20/h2-7,9-14,19H,8,15-18H2,1H3,(H,27,30). The van der Waals surface area contributed by atoms with E-state index in [1.165, 1.54) is 0 Å². The Hall–Kier alpha value is -3.80. The van der Waals surface area contributed by atoms with Gasteiger partial charge >= 0.3 is 0 Å². The Kier molecular flexibility index (Phi) is 7.02. The first-order valence-electron chi connectivity index (χ1n) is 10.8. The van der Waals surface area contributed by atoms with Crippen LogP contribution in [0.15, 0.2) is 78.9 Å². The number of amides is 1. The number of ether oxygens (including phenoxy) is 2. The maximum Gasteiger partial charge on any atom is 0.251 e. The number of aryl methyl sites for hydroxylation is 1. The first kappa shape index (κ1) is 21.4. The molecule has 0 aliphatic rings. The average molecular weight is 430 g/mol. The number of carbonyl (C=O) groups is 1. The fourth-order valence-corrected chi connectivity index (χ4v) is 3.65. The summed E-state index contributed by atoms with van der Waals surface area (Å²) < 4.78 is 13.4. The molecule has 0 radical (unpaired) electrons. The number of nitrogens with one attached hydrogen (secondary N) is 1. The van der Waals surface area contributed by atoms with Crippen LogP contribution in [0.4, 0.5) is 0 Å². The summed E-state index contributed by atoms with van der Waals surface area (Å²) in [6, 6.07) is 25.0. The summed E-state index contributed by atoms with van der Waals surface area (Å²) in [5.74, 6) is 2.49. The Balaban J connectivity index is 1.37. The highest BCUT2D eigenvalue weighted by Gasteiger charge is 2.11. The second-order valence-electron chi connectivity index (χ2n) is 7.42. The molecule has 0 bridgehead atoms. The van der Waals surface area contributed by atoms with Gasteiger partial charge in [0.05, 0.1) is 24.7 Å². The highest BCUT2D eigenvalue weighted by atomic mass is 16.5. The van der Waals surface area contributed by atoms with Crippen molar-refractivity contribution in [3.63, 3.8) is 0 Å². The lowest BCUT2D eigenvalue weighted by Gasteiger charge is -2.12. The second kappa shape index (κ2) is 10.5. The summed E-state index contributed by atoms with van der Waals surface area (Å²) in [5.41, 5.74) is 2.73. The molecule has 6 heteroatoms. The van der Waals surface area contributed by atoms with Gasteiger partial charge in [-0.1, -0.05) is 36.4 Å². The van der Waals surface area contributed by atoms with Crippen LogP contribution in [0.25, 0.3) is 11.0 Å². The Morgan fingerprint density at radius 3 is 2.59 bits per heavy atom. The fourth-order valence-electron chi connectivity index (χ4n) is 3.65. The molecule has 4 aromatic rings. The van der Waals surface area contributed by atoms with Crippen molar-refractivity contribution in [1.82, 2.24) is 14.9 Å². The maximum atomic E-state index is 12.2. The molecule has 0 atom stereocenters. The van der Waals surface area contributed by atoms with Crippen molar-refractivity contribution in [2.45, 2.75) is 19.4 Å². The van der Waals surface area contributed by atoms with Gasteiger partial charge in [0.25, 0.3) is 5.91 Å². The van der Waals surface area contributed by atoms with E-state index in [1.807, 2.05) is 72.8 Å². The van der Waals surface area contributed by atoms with Crippen LogP contribution in [-0.2, 0) is 13.0 Å². The lowest BCUT2D eigenvalue weighted by Crippen LogP contribution is -2.25. The first-order valence-corrected chi connectivity index (χ1v) is 10.8. The van der Waals surface area contributed by atoms with Gasteiger partial charge in [0.1, 0.15) is 23.9 Å². The van der Waals surface area contributed by atoms with E-state index < -0.39 is 0 Å². The van der Waals surface area contributed by atoms with Crippen LogP contribution in [0.3, 0.4) is 0 Å². The number of carbonyl (C=O) groups excluding carboxylic acids is 1. The van der Waals surface area contributed by atoms with Crippen LogP contribution in [0.2, 0.25) is 0 Å². The van der Waals surface area contributed by atoms with Crippen LogP contribution in [0, 0.1) is 0 Å². The zero-order valence-electron chi connectivity index (χ0n) is 18.2. The van der Waals surface area contributed by atoms with Gasteiger partial charge in [-0.15, -0.1) is 0 Å². The molecule has 0 saturated heterocycles. The Morgan fingerprint density at radius 2 is 1.75 bits per heavy atom. The highest BCUT2D eigenvalue weighted by molar-refractivity contribution is 5.94. The van der Waals surface area contributed by atoms with Crippen LogP contribution in [0.1, 0.15) is 22.6 Å². The summed E-state index contributed by atoms with van der Waals surface area (Å²) in [6.07, 6.45) is 1.57. The topological polar surface area (TPSA) is 65.4 Å². The number of para-hydroxylation sites is 2. The summed E-state index contributed by atoms with van der Waals surface area (Å²) in [4.78, 5) is 17.0. The van der Waals surface area contributed by atoms with Crippen LogP contribution in [0.5, 0.6) is 11.5 Å². The van der Waals surface area contributed by atoms with E-state index in [2.05, 4.69) is 16.0 Å². The maximum absolute atomic E-state index is 12.2. The zero-order chi connectivity index (χ0) is 22.2. The Bertz CT molecular complexity index is 1170. The number of rotatable bonds is 10. The van der Waals surface area contributed by atoms with E-state index in [0.29, 0.717) is 25.3 Å². The van der Waals surface area contributed by atoms with Gasteiger partial charge in [-0.05, 0) is 42.8 Å².